The lowest BCUT2D eigenvalue weighted by Gasteiger charge is -2.41. The second-order valence-corrected chi connectivity index (χ2v) is 3.67. The molecule has 0 aliphatic carbocycles. The van der Waals surface area contributed by atoms with E-state index >= 15 is 0 Å². The van der Waals surface area contributed by atoms with Crippen molar-refractivity contribution < 1.29 is 0 Å². The van der Waals surface area contributed by atoms with Gasteiger partial charge in [0.25, 0.3) is 0 Å². The Labute approximate surface area is 72.2 Å². The number of nitrogens with zero attached hydrogens (tertiary/aromatic N) is 2. The van der Waals surface area contributed by atoms with Gasteiger partial charge in [0.1, 0.15) is 0 Å². The molecule has 1 saturated heterocycles. The summed E-state index contributed by atoms with van der Waals surface area (Å²) in [4.78, 5) is 6.92. The topological polar surface area (TPSA) is 16.1 Å². The summed E-state index contributed by atoms with van der Waals surface area (Å²) in [6.07, 6.45) is 4.54. The highest BCUT2D eigenvalue weighted by molar-refractivity contribution is 5.55. The molecule has 3 aliphatic rings. The Balaban J connectivity index is 2.19. The minimum atomic E-state index is 0.756. The smallest absolute Gasteiger partial charge is 0.0668 e. The van der Waals surface area contributed by atoms with Gasteiger partial charge in [-0.2, -0.15) is 0 Å². The molecular weight excluding hydrogens is 148 g/mol. The maximum Gasteiger partial charge on any atom is 0.0668 e. The van der Waals surface area contributed by atoms with E-state index < -0.39 is 0 Å². The van der Waals surface area contributed by atoms with Crippen molar-refractivity contribution in [2.45, 2.75) is 18.8 Å². The maximum absolute atomic E-state index is 4.46. The van der Waals surface area contributed by atoms with Crippen LogP contribution in [0.1, 0.15) is 24.5 Å². The lowest BCUT2D eigenvalue weighted by atomic mass is 9.87. The van der Waals surface area contributed by atoms with E-state index in [1.807, 2.05) is 12.3 Å². The highest BCUT2D eigenvalue weighted by Crippen LogP contribution is 2.40. The Morgan fingerprint density at radius 1 is 1.33 bits per heavy atom. The fraction of sp³-hybridized carbons (Fsp3) is 0.500. The molecule has 2 bridgehead atoms. The minimum absolute atomic E-state index is 0.756. The van der Waals surface area contributed by atoms with Crippen molar-refractivity contribution in [1.82, 2.24) is 4.98 Å². The molecule has 0 aromatic carbocycles. The van der Waals surface area contributed by atoms with Gasteiger partial charge in [-0.3, -0.25) is 4.98 Å². The van der Waals surface area contributed by atoms with Gasteiger partial charge in [-0.25, -0.2) is 0 Å². The first-order chi connectivity index (χ1) is 5.95. The summed E-state index contributed by atoms with van der Waals surface area (Å²) in [6, 6.07) is 4.24. The van der Waals surface area contributed by atoms with Gasteiger partial charge in [0.2, 0.25) is 0 Å². The predicted octanol–water partition coefficient (Wildman–Crippen LogP) is 1.78. The Morgan fingerprint density at radius 2 is 2.17 bits per heavy atom. The lowest BCUT2D eigenvalue weighted by Crippen LogP contribution is -2.39. The summed E-state index contributed by atoms with van der Waals surface area (Å²) in [5.41, 5.74) is 2.73. The summed E-state index contributed by atoms with van der Waals surface area (Å²) in [7, 11) is 0. The van der Waals surface area contributed by atoms with Crippen LogP contribution in [0.4, 0.5) is 5.69 Å². The van der Waals surface area contributed by atoms with E-state index in [1.165, 1.54) is 37.3 Å². The van der Waals surface area contributed by atoms with Gasteiger partial charge in [0.15, 0.2) is 0 Å². The van der Waals surface area contributed by atoms with Crippen molar-refractivity contribution in [2.75, 3.05) is 18.0 Å². The van der Waals surface area contributed by atoms with Crippen LogP contribution in [0.2, 0.25) is 0 Å². The fourth-order valence-electron chi connectivity index (χ4n) is 2.38. The van der Waals surface area contributed by atoms with Crippen LogP contribution >= 0.6 is 0 Å². The van der Waals surface area contributed by atoms with Crippen molar-refractivity contribution in [1.29, 1.82) is 0 Å². The third-order valence-electron chi connectivity index (χ3n) is 3.04. The van der Waals surface area contributed by atoms with E-state index in [0.29, 0.717) is 0 Å². The molecule has 0 N–H and O–H groups in total. The SMILES string of the molecule is c1cnc2c(c1)N1CCC2CC1. The lowest BCUT2D eigenvalue weighted by molar-refractivity contribution is 0.464. The van der Waals surface area contributed by atoms with E-state index in [9.17, 15) is 0 Å². The van der Waals surface area contributed by atoms with Gasteiger partial charge in [0.05, 0.1) is 11.4 Å². The standard InChI is InChI=1S/C10H12N2/c1-2-9-10(11-5-1)8-3-6-12(9)7-4-8/h1-2,5,8H,3-4,6-7H2. The molecule has 3 aliphatic heterocycles. The number of hydrogen-bond acceptors (Lipinski definition) is 2. The van der Waals surface area contributed by atoms with Gasteiger partial charge in [-0.1, -0.05) is 0 Å². The summed E-state index contributed by atoms with van der Waals surface area (Å²) in [5, 5.41) is 0. The molecule has 0 radical (unpaired) electrons. The Bertz CT molecular complexity index is 269. The number of fused-ring (bicyclic) bond motifs is 2. The molecule has 0 spiro atoms. The van der Waals surface area contributed by atoms with Crippen LogP contribution < -0.4 is 4.90 Å². The minimum Gasteiger partial charge on any atom is -0.370 e. The van der Waals surface area contributed by atoms with E-state index in [-0.39, 0.29) is 0 Å². The third-order valence-corrected chi connectivity index (χ3v) is 3.04. The van der Waals surface area contributed by atoms with Crippen LogP contribution in [0.5, 0.6) is 0 Å². The highest BCUT2D eigenvalue weighted by atomic mass is 15.2. The zero-order chi connectivity index (χ0) is 7.97. The first-order valence-electron chi connectivity index (χ1n) is 4.65. The van der Waals surface area contributed by atoms with E-state index in [4.69, 9.17) is 0 Å². The summed E-state index contributed by atoms with van der Waals surface area (Å²) < 4.78 is 0. The number of pyridine rings is 1. The monoisotopic (exact) mass is 160 g/mol. The van der Waals surface area contributed by atoms with Crippen molar-refractivity contribution in [3.63, 3.8) is 0 Å². The van der Waals surface area contributed by atoms with Crippen molar-refractivity contribution in [3.8, 4) is 0 Å². The third kappa shape index (κ3) is 0.724. The van der Waals surface area contributed by atoms with Crippen LogP contribution in [0.3, 0.4) is 0 Å². The van der Waals surface area contributed by atoms with Crippen molar-refractivity contribution in [3.05, 3.63) is 24.0 Å². The number of piperidine rings is 1. The van der Waals surface area contributed by atoms with Gasteiger partial charge in [0, 0.05) is 25.2 Å². The largest absolute Gasteiger partial charge is 0.370 e. The van der Waals surface area contributed by atoms with Gasteiger partial charge in [-0.05, 0) is 25.0 Å². The van der Waals surface area contributed by atoms with Crippen LogP contribution in [-0.4, -0.2) is 18.1 Å². The maximum atomic E-state index is 4.46. The van der Waals surface area contributed by atoms with Gasteiger partial charge in [-0.15, -0.1) is 0 Å². The van der Waals surface area contributed by atoms with Crippen LogP contribution in [-0.2, 0) is 0 Å². The van der Waals surface area contributed by atoms with E-state index in [1.54, 1.807) is 0 Å². The van der Waals surface area contributed by atoms with Crippen molar-refractivity contribution in [2.24, 2.45) is 0 Å². The predicted molar refractivity (Wildman–Crippen MR) is 48.4 cm³/mol. The quantitative estimate of drug-likeness (QED) is 0.575. The summed E-state index contributed by atoms with van der Waals surface area (Å²) in [6.45, 7) is 2.48. The number of rotatable bonds is 0. The average Bonchev–Trinajstić information content (AvgIpc) is 2.20. The number of aromatic nitrogens is 1. The molecule has 1 fully saturated rings. The molecule has 0 atom stereocenters. The fourth-order valence-corrected chi connectivity index (χ4v) is 2.38. The normalized spacial score (nSPS) is 21.2. The second kappa shape index (κ2) is 2.22. The Kier molecular flexibility index (Phi) is 1.20. The first-order valence-corrected chi connectivity index (χ1v) is 4.65. The van der Waals surface area contributed by atoms with E-state index in [0.717, 1.165) is 5.92 Å². The molecule has 12 heavy (non-hydrogen) atoms. The first kappa shape index (κ1) is 6.46. The highest BCUT2D eigenvalue weighted by Gasteiger charge is 2.30. The van der Waals surface area contributed by atoms with Gasteiger partial charge >= 0.3 is 0 Å². The van der Waals surface area contributed by atoms with Crippen LogP contribution in [0.25, 0.3) is 0 Å². The molecule has 4 heterocycles. The molecular formula is C10H12N2. The van der Waals surface area contributed by atoms with Crippen molar-refractivity contribution >= 4 is 5.69 Å². The van der Waals surface area contributed by atoms with Crippen LogP contribution in [0, 0.1) is 0 Å². The summed E-state index contributed by atoms with van der Waals surface area (Å²) in [5.74, 6) is 0.756. The zero-order valence-electron chi connectivity index (χ0n) is 7.03. The molecule has 1 aromatic rings. The number of anilines is 1. The van der Waals surface area contributed by atoms with Gasteiger partial charge < -0.3 is 4.90 Å². The molecule has 0 amide bonds. The molecule has 1 aromatic heterocycles. The molecule has 2 nitrogen and oxygen atoms in total. The molecule has 4 rings (SSSR count). The Hall–Kier alpha value is -1.05. The Morgan fingerprint density at radius 3 is 2.92 bits per heavy atom. The van der Waals surface area contributed by atoms with E-state index in [2.05, 4.69) is 16.0 Å². The zero-order valence-corrected chi connectivity index (χ0v) is 7.03. The average molecular weight is 160 g/mol. The van der Waals surface area contributed by atoms with Crippen LogP contribution in [0.15, 0.2) is 18.3 Å². The summed E-state index contributed by atoms with van der Waals surface area (Å²) >= 11 is 0. The molecule has 62 valence electrons. The molecule has 0 unspecified atom stereocenters. The molecule has 2 heteroatoms. The second-order valence-electron chi connectivity index (χ2n) is 3.67. The molecule has 0 saturated carbocycles. The number of hydrogen-bond donors (Lipinski definition) is 0.